The van der Waals surface area contributed by atoms with E-state index in [2.05, 4.69) is 26.1 Å². The highest BCUT2D eigenvalue weighted by atomic mass is 16.5. The lowest BCUT2D eigenvalue weighted by Crippen LogP contribution is -2.23. The quantitative estimate of drug-likeness (QED) is 0.820. The number of hydrogen-bond acceptors (Lipinski definition) is 3. The van der Waals surface area contributed by atoms with Crippen LogP contribution in [0.2, 0.25) is 0 Å². The molecule has 0 bridgehead atoms. The van der Waals surface area contributed by atoms with Crippen LogP contribution in [0.25, 0.3) is 0 Å². The molecule has 0 saturated heterocycles. The molecule has 0 radical (unpaired) electrons. The lowest BCUT2D eigenvalue weighted by molar-refractivity contribution is 0.368. The molecule has 92 valence electrons. The van der Waals surface area contributed by atoms with Gasteiger partial charge >= 0.3 is 0 Å². The van der Waals surface area contributed by atoms with Crippen molar-refractivity contribution in [3.8, 4) is 11.8 Å². The summed E-state index contributed by atoms with van der Waals surface area (Å²) in [5.74, 6) is 1.39. The Hall–Kier alpha value is -1.53. The smallest absolute Gasteiger partial charge is 0.174 e. The van der Waals surface area contributed by atoms with Crippen molar-refractivity contribution in [2.24, 2.45) is 5.92 Å². The number of rotatable bonds is 6. The molecular formula is C14H20N2O. The van der Waals surface area contributed by atoms with Gasteiger partial charge in [-0.25, -0.2) is 0 Å². The number of nitrogens with zero attached hydrogens (tertiary/aromatic N) is 1. The summed E-state index contributed by atoms with van der Waals surface area (Å²) in [5.41, 5.74) is 1.23. The predicted molar refractivity (Wildman–Crippen MR) is 68.8 cm³/mol. The van der Waals surface area contributed by atoms with Crippen molar-refractivity contribution in [2.75, 3.05) is 13.2 Å². The molecule has 0 amide bonds. The molecule has 0 aliphatic carbocycles. The summed E-state index contributed by atoms with van der Waals surface area (Å²) in [6.45, 7) is 7.64. The average molecular weight is 232 g/mol. The zero-order valence-electron chi connectivity index (χ0n) is 10.7. The summed E-state index contributed by atoms with van der Waals surface area (Å²) in [7, 11) is 0. The number of nitriles is 1. The molecule has 1 rings (SSSR count). The highest BCUT2D eigenvalue weighted by Crippen LogP contribution is 2.17. The van der Waals surface area contributed by atoms with Gasteiger partial charge in [-0.1, -0.05) is 26.0 Å². The summed E-state index contributed by atoms with van der Waals surface area (Å²) in [6.07, 6.45) is 0. The van der Waals surface area contributed by atoms with Gasteiger partial charge in [0.2, 0.25) is 0 Å². The molecule has 0 fully saturated rings. The summed E-state index contributed by atoms with van der Waals surface area (Å²) in [4.78, 5) is 0. The van der Waals surface area contributed by atoms with Crippen molar-refractivity contribution in [1.82, 2.24) is 5.32 Å². The molecule has 1 N–H and O–H groups in total. The fraction of sp³-hybridized carbons (Fsp3) is 0.500. The molecule has 0 saturated carbocycles. The van der Waals surface area contributed by atoms with E-state index in [4.69, 9.17) is 10.00 Å². The Balaban J connectivity index is 2.52. The monoisotopic (exact) mass is 232 g/mol. The normalized spacial score (nSPS) is 12.2. The Morgan fingerprint density at radius 1 is 1.24 bits per heavy atom. The SMILES string of the molecule is CC(C)CNC(C)c1ccc(OCC#N)cc1. The van der Waals surface area contributed by atoms with Crippen molar-refractivity contribution in [3.63, 3.8) is 0 Å². The molecular weight excluding hydrogens is 212 g/mol. The van der Waals surface area contributed by atoms with Gasteiger partial charge in [-0.15, -0.1) is 0 Å². The van der Waals surface area contributed by atoms with Crippen LogP contribution in [0.3, 0.4) is 0 Å². The number of ether oxygens (including phenoxy) is 1. The van der Waals surface area contributed by atoms with Crippen LogP contribution in [0.15, 0.2) is 24.3 Å². The summed E-state index contributed by atoms with van der Waals surface area (Å²) in [5, 5.41) is 11.9. The van der Waals surface area contributed by atoms with Gasteiger partial charge in [0, 0.05) is 6.04 Å². The molecule has 1 unspecified atom stereocenters. The third kappa shape index (κ3) is 4.88. The van der Waals surface area contributed by atoms with E-state index in [0.29, 0.717) is 12.0 Å². The fourth-order valence-corrected chi connectivity index (χ4v) is 1.50. The van der Waals surface area contributed by atoms with Crippen LogP contribution in [-0.2, 0) is 0 Å². The van der Waals surface area contributed by atoms with Gasteiger partial charge in [0.25, 0.3) is 0 Å². The van der Waals surface area contributed by atoms with Gasteiger partial charge in [0.15, 0.2) is 6.61 Å². The van der Waals surface area contributed by atoms with E-state index >= 15 is 0 Å². The van der Waals surface area contributed by atoms with Crippen molar-refractivity contribution < 1.29 is 4.74 Å². The van der Waals surface area contributed by atoms with E-state index in [0.717, 1.165) is 12.3 Å². The molecule has 1 atom stereocenters. The Morgan fingerprint density at radius 3 is 2.41 bits per heavy atom. The Bertz CT molecular complexity index is 365. The standard InChI is InChI=1S/C14H20N2O/c1-11(2)10-16-12(3)13-4-6-14(7-5-13)17-9-8-15/h4-7,11-12,16H,9-10H2,1-3H3. The van der Waals surface area contributed by atoms with Gasteiger partial charge in [0.1, 0.15) is 11.8 Å². The summed E-state index contributed by atoms with van der Waals surface area (Å²) < 4.78 is 5.21. The van der Waals surface area contributed by atoms with Gasteiger partial charge in [-0.05, 0) is 37.1 Å². The molecule has 0 heterocycles. The van der Waals surface area contributed by atoms with E-state index in [9.17, 15) is 0 Å². The second-order valence-electron chi connectivity index (χ2n) is 4.54. The topological polar surface area (TPSA) is 45.0 Å². The maximum absolute atomic E-state index is 8.41. The van der Waals surface area contributed by atoms with Crippen LogP contribution >= 0.6 is 0 Å². The predicted octanol–water partition coefficient (Wildman–Crippen LogP) is 2.90. The second kappa shape index (κ2) is 6.93. The van der Waals surface area contributed by atoms with Crippen LogP contribution < -0.4 is 10.1 Å². The largest absolute Gasteiger partial charge is 0.479 e. The zero-order chi connectivity index (χ0) is 12.7. The molecule has 1 aromatic carbocycles. The average Bonchev–Trinajstić information content (AvgIpc) is 2.34. The maximum Gasteiger partial charge on any atom is 0.174 e. The minimum atomic E-state index is 0.0977. The van der Waals surface area contributed by atoms with E-state index in [1.165, 1.54) is 5.56 Å². The lowest BCUT2D eigenvalue weighted by atomic mass is 10.1. The van der Waals surface area contributed by atoms with Gasteiger partial charge in [-0.3, -0.25) is 0 Å². The molecule has 0 spiro atoms. The molecule has 3 nitrogen and oxygen atoms in total. The van der Waals surface area contributed by atoms with Crippen LogP contribution in [0.5, 0.6) is 5.75 Å². The van der Waals surface area contributed by atoms with Crippen LogP contribution in [0, 0.1) is 17.2 Å². The third-order valence-corrected chi connectivity index (χ3v) is 2.52. The zero-order valence-corrected chi connectivity index (χ0v) is 10.7. The van der Waals surface area contributed by atoms with E-state index < -0.39 is 0 Å². The van der Waals surface area contributed by atoms with Gasteiger partial charge < -0.3 is 10.1 Å². The van der Waals surface area contributed by atoms with Gasteiger partial charge in [0.05, 0.1) is 0 Å². The number of benzene rings is 1. The van der Waals surface area contributed by atoms with Crippen molar-refractivity contribution in [1.29, 1.82) is 5.26 Å². The molecule has 0 aliphatic heterocycles. The minimum Gasteiger partial charge on any atom is -0.479 e. The highest BCUT2D eigenvalue weighted by molar-refractivity contribution is 5.29. The van der Waals surface area contributed by atoms with Crippen molar-refractivity contribution in [3.05, 3.63) is 29.8 Å². The lowest BCUT2D eigenvalue weighted by Gasteiger charge is -2.16. The van der Waals surface area contributed by atoms with Crippen LogP contribution in [0.4, 0.5) is 0 Å². The highest BCUT2D eigenvalue weighted by Gasteiger charge is 2.05. The van der Waals surface area contributed by atoms with E-state index in [1.54, 1.807) is 0 Å². The fourth-order valence-electron chi connectivity index (χ4n) is 1.50. The first-order valence-electron chi connectivity index (χ1n) is 5.96. The van der Waals surface area contributed by atoms with Crippen LogP contribution in [-0.4, -0.2) is 13.2 Å². The minimum absolute atomic E-state index is 0.0977. The molecule has 0 aliphatic rings. The number of nitrogens with one attached hydrogen (secondary N) is 1. The van der Waals surface area contributed by atoms with Crippen molar-refractivity contribution >= 4 is 0 Å². The number of hydrogen-bond donors (Lipinski definition) is 1. The maximum atomic E-state index is 8.41. The Morgan fingerprint density at radius 2 is 1.88 bits per heavy atom. The first-order chi connectivity index (χ1) is 8.13. The van der Waals surface area contributed by atoms with E-state index in [-0.39, 0.29) is 6.61 Å². The second-order valence-corrected chi connectivity index (χ2v) is 4.54. The molecule has 17 heavy (non-hydrogen) atoms. The third-order valence-electron chi connectivity index (χ3n) is 2.52. The first-order valence-corrected chi connectivity index (χ1v) is 5.96. The van der Waals surface area contributed by atoms with Crippen molar-refractivity contribution in [2.45, 2.75) is 26.8 Å². The Kier molecular flexibility index (Phi) is 5.51. The molecule has 1 aromatic rings. The summed E-state index contributed by atoms with van der Waals surface area (Å²) >= 11 is 0. The van der Waals surface area contributed by atoms with Gasteiger partial charge in [-0.2, -0.15) is 5.26 Å². The molecule has 3 heteroatoms. The summed E-state index contributed by atoms with van der Waals surface area (Å²) in [6, 6.07) is 10.2. The van der Waals surface area contributed by atoms with E-state index in [1.807, 2.05) is 30.3 Å². The molecule has 0 aromatic heterocycles. The van der Waals surface area contributed by atoms with Crippen LogP contribution in [0.1, 0.15) is 32.4 Å². The first kappa shape index (κ1) is 13.5. The Labute approximate surface area is 103 Å².